The molecule has 0 saturated heterocycles. The minimum Gasteiger partial charge on any atom is -0.354 e. The number of carbonyl (C=O) groups excluding carboxylic acids is 1. The minimum atomic E-state index is 0.0854. The molecule has 2 atom stereocenters. The van der Waals surface area contributed by atoms with Gasteiger partial charge in [-0.05, 0) is 43.5 Å². The highest BCUT2D eigenvalue weighted by atomic mass is 32.2. The summed E-state index contributed by atoms with van der Waals surface area (Å²) in [6, 6.07) is 17.0. The smallest absolute Gasteiger partial charge is 0.230 e. The molecule has 1 aromatic heterocycles. The normalized spacial score (nSPS) is 16.3. The first-order valence-electron chi connectivity index (χ1n) is 10.2. The summed E-state index contributed by atoms with van der Waals surface area (Å²) in [5, 5.41) is 3.25. The number of nitrogens with one attached hydrogen (secondary N) is 2. The quantitative estimate of drug-likeness (QED) is 0.622. The van der Waals surface area contributed by atoms with Gasteiger partial charge in [0.15, 0.2) is 0 Å². The Hall–Kier alpha value is -2.31. The van der Waals surface area contributed by atoms with Crippen LogP contribution in [0.3, 0.4) is 0 Å². The van der Waals surface area contributed by atoms with E-state index in [-0.39, 0.29) is 11.2 Å². The van der Waals surface area contributed by atoms with E-state index >= 15 is 0 Å². The number of H-pyrrole nitrogens is 1. The van der Waals surface area contributed by atoms with Crippen LogP contribution in [0.2, 0.25) is 0 Å². The standard InChI is InChI=1S/C23H28N4OS/c1-16(27-12-11-18-7-3-4-8-19(18)14-27)13-24-22(28)15-29-17(2)23-25-20-9-5-6-10-21(20)26-23/h3-10,16-17H,11-15H2,1-2H3,(H,24,28)(H,25,26). The first-order chi connectivity index (χ1) is 14.1. The van der Waals surface area contributed by atoms with E-state index in [1.54, 1.807) is 11.8 Å². The van der Waals surface area contributed by atoms with E-state index < -0.39 is 0 Å². The monoisotopic (exact) mass is 408 g/mol. The molecule has 152 valence electrons. The molecule has 6 heteroatoms. The summed E-state index contributed by atoms with van der Waals surface area (Å²) >= 11 is 1.61. The van der Waals surface area contributed by atoms with Gasteiger partial charge < -0.3 is 10.3 Å². The summed E-state index contributed by atoms with van der Waals surface area (Å²) in [5.41, 5.74) is 4.87. The fraction of sp³-hybridized carbons (Fsp3) is 0.391. The predicted molar refractivity (Wildman–Crippen MR) is 120 cm³/mol. The molecule has 1 aliphatic heterocycles. The summed E-state index contributed by atoms with van der Waals surface area (Å²) in [6.45, 7) is 6.97. The van der Waals surface area contributed by atoms with Crippen molar-refractivity contribution in [3.8, 4) is 0 Å². The van der Waals surface area contributed by atoms with E-state index in [9.17, 15) is 4.79 Å². The lowest BCUT2D eigenvalue weighted by atomic mass is 9.99. The molecule has 1 amide bonds. The summed E-state index contributed by atoms with van der Waals surface area (Å²) in [6.07, 6.45) is 1.08. The second kappa shape index (κ2) is 9.01. The third-order valence-corrected chi connectivity index (χ3v) is 6.79. The van der Waals surface area contributed by atoms with Gasteiger partial charge in [-0.15, -0.1) is 11.8 Å². The molecule has 1 aliphatic rings. The van der Waals surface area contributed by atoms with E-state index in [4.69, 9.17) is 0 Å². The van der Waals surface area contributed by atoms with Gasteiger partial charge in [-0.1, -0.05) is 36.4 Å². The number of thioether (sulfide) groups is 1. The van der Waals surface area contributed by atoms with Crippen LogP contribution >= 0.6 is 11.8 Å². The highest BCUT2D eigenvalue weighted by Gasteiger charge is 2.21. The topological polar surface area (TPSA) is 61.0 Å². The molecule has 5 nitrogen and oxygen atoms in total. The molecule has 2 aromatic carbocycles. The molecule has 2 heterocycles. The Bertz CT molecular complexity index is 953. The van der Waals surface area contributed by atoms with Crippen molar-refractivity contribution in [2.45, 2.75) is 38.1 Å². The SMILES string of the molecule is CC(SCC(=O)NCC(C)N1CCc2ccccc2C1)c1nc2ccccc2[nH]1. The van der Waals surface area contributed by atoms with Gasteiger partial charge in [0.05, 0.1) is 22.0 Å². The Morgan fingerprint density at radius 3 is 2.76 bits per heavy atom. The number of hydrogen-bond donors (Lipinski definition) is 2. The number of amides is 1. The van der Waals surface area contributed by atoms with Gasteiger partial charge in [-0.2, -0.15) is 0 Å². The second-order valence-corrected chi connectivity index (χ2v) is 9.06. The van der Waals surface area contributed by atoms with Crippen molar-refractivity contribution in [1.29, 1.82) is 0 Å². The Morgan fingerprint density at radius 1 is 1.17 bits per heavy atom. The number of fused-ring (bicyclic) bond motifs is 2. The van der Waals surface area contributed by atoms with Crippen LogP contribution in [0.15, 0.2) is 48.5 Å². The van der Waals surface area contributed by atoms with E-state index in [1.807, 2.05) is 24.3 Å². The van der Waals surface area contributed by atoms with Crippen molar-refractivity contribution in [2.24, 2.45) is 0 Å². The Morgan fingerprint density at radius 2 is 1.93 bits per heavy atom. The van der Waals surface area contributed by atoms with Crippen molar-refractivity contribution >= 4 is 28.7 Å². The van der Waals surface area contributed by atoms with E-state index in [0.29, 0.717) is 18.3 Å². The molecule has 0 bridgehead atoms. The van der Waals surface area contributed by atoms with Crippen LogP contribution in [-0.2, 0) is 17.8 Å². The zero-order valence-electron chi connectivity index (χ0n) is 17.0. The molecule has 0 aliphatic carbocycles. The number of para-hydroxylation sites is 2. The average molecular weight is 409 g/mol. The number of hydrogen-bond acceptors (Lipinski definition) is 4. The summed E-state index contributed by atoms with van der Waals surface area (Å²) in [5.74, 6) is 1.44. The second-order valence-electron chi connectivity index (χ2n) is 7.73. The van der Waals surface area contributed by atoms with Gasteiger partial charge in [0.1, 0.15) is 5.82 Å². The lowest BCUT2D eigenvalue weighted by molar-refractivity contribution is -0.118. The van der Waals surface area contributed by atoms with E-state index in [1.165, 1.54) is 11.1 Å². The maximum Gasteiger partial charge on any atom is 0.230 e. The predicted octanol–water partition coefficient (Wildman–Crippen LogP) is 3.92. The van der Waals surface area contributed by atoms with E-state index in [0.717, 1.165) is 36.4 Å². The molecule has 3 aromatic rings. The summed E-state index contributed by atoms with van der Waals surface area (Å²) < 4.78 is 0. The number of nitrogens with zero attached hydrogens (tertiary/aromatic N) is 2. The number of benzene rings is 2. The largest absolute Gasteiger partial charge is 0.354 e. The minimum absolute atomic E-state index is 0.0854. The van der Waals surface area contributed by atoms with Crippen LogP contribution < -0.4 is 5.32 Å². The van der Waals surface area contributed by atoms with Crippen LogP contribution in [0.5, 0.6) is 0 Å². The van der Waals surface area contributed by atoms with Crippen LogP contribution in [0.1, 0.15) is 36.0 Å². The van der Waals surface area contributed by atoms with Crippen molar-refractivity contribution in [2.75, 3.05) is 18.8 Å². The summed E-state index contributed by atoms with van der Waals surface area (Å²) in [7, 11) is 0. The number of carbonyl (C=O) groups is 1. The maximum atomic E-state index is 12.4. The Kier molecular flexibility index (Phi) is 6.21. The third kappa shape index (κ3) is 4.82. The van der Waals surface area contributed by atoms with Gasteiger partial charge in [-0.25, -0.2) is 4.98 Å². The van der Waals surface area contributed by atoms with Crippen molar-refractivity contribution in [1.82, 2.24) is 20.2 Å². The van der Waals surface area contributed by atoms with Gasteiger partial charge in [0, 0.05) is 25.7 Å². The van der Waals surface area contributed by atoms with Crippen LogP contribution in [0.4, 0.5) is 0 Å². The molecule has 4 rings (SSSR count). The van der Waals surface area contributed by atoms with Gasteiger partial charge in [0.2, 0.25) is 5.91 Å². The average Bonchev–Trinajstić information content (AvgIpc) is 3.20. The molecular formula is C23H28N4OS. The molecule has 2 unspecified atom stereocenters. The molecule has 0 saturated carbocycles. The van der Waals surface area contributed by atoms with Crippen molar-refractivity contribution < 1.29 is 4.79 Å². The van der Waals surface area contributed by atoms with E-state index in [2.05, 4.69) is 58.3 Å². The van der Waals surface area contributed by atoms with Crippen LogP contribution in [0.25, 0.3) is 11.0 Å². The Balaban J connectivity index is 1.22. The zero-order chi connectivity index (χ0) is 20.2. The van der Waals surface area contributed by atoms with Crippen LogP contribution in [-0.4, -0.2) is 45.7 Å². The number of aromatic amines is 1. The first-order valence-corrected chi connectivity index (χ1v) is 11.3. The number of rotatable bonds is 7. The Labute approximate surface area is 176 Å². The summed E-state index contributed by atoms with van der Waals surface area (Å²) in [4.78, 5) is 22.8. The zero-order valence-corrected chi connectivity index (χ0v) is 17.8. The fourth-order valence-corrected chi connectivity index (χ4v) is 4.55. The third-order valence-electron chi connectivity index (χ3n) is 5.64. The number of aromatic nitrogens is 2. The molecule has 0 spiro atoms. The maximum absolute atomic E-state index is 12.4. The van der Waals surface area contributed by atoms with Crippen molar-refractivity contribution in [3.05, 3.63) is 65.5 Å². The fourth-order valence-electron chi connectivity index (χ4n) is 3.78. The number of imidazole rings is 1. The molecule has 0 radical (unpaired) electrons. The van der Waals surface area contributed by atoms with Crippen molar-refractivity contribution in [3.63, 3.8) is 0 Å². The van der Waals surface area contributed by atoms with Gasteiger partial charge in [-0.3, -0.25) is 9.69 Å². The highest BCUT2D eigenvalue weighted by Crippen LogP contribution is 2.27. The lowest BCUT2D eigenvalue weighted by Crippen LogP contribution is -2.44. The van der Waals surface area contributed by atoms with Gasteiger partial charge in [0.25, 0.3) is 0 Å². The first kappa shape index (κ1) is 20.0. The molecular weight excluding hydrogens is 380 g/mol. The molecule has 0 fully saturated rings. The van der Waals surface area contributed by atoms with Gasteiger partial charge >= 0.3 is 0 Å². The molecule has 29 heavy (non-hydrogen) atoms. The molecule has 2 N–H and O–H groups in total. The highest BCUT2D eigenvalue weighted by molar-refractivity contribution is 8.00. The lowest BCUT2D eigenvalue weighted by Gasteiger charge is -2.33. The van der Waals surface area contributed by atoms with Crippen LogP contribution in [0, 0.1) is 0 Å².